The average molecular weight is 559 g/mol. The Morgan fingerprint density at radius 3 is 2.82 bits per heavy atom. The van der Waals surface area contributed by atoms with Crippen molar-refractivity contribution < 1.29 is 23.3 Å². The van der Waals surface area contributed by atoms with Crippen molar-refractivity contribution in [3.05, 3.63) is 47.0 Å². The topological polar surface area (TPSA) is 156 Å². The Morgan fingerprint density at radius 2 is 2.05 bits per heavy atom. The Hall–Kier alpha value is -3.05. The number of nitrogens with two attached hydrogens (primary N) is 1. The van der Waals surface area contributed by atoms with Gasteiger partial charge in [-0.3, -0.25) is 19.1 Å². The predicted octanol–water partition coefficient (Wildman–Crippen LogP) is 3.80. The van der Waals surface area contributed by atoms with Gasteiger partial charge in [-0.15, -0.1) is 0 Å². The Bertz CT molecular complexity index is 1310. The van der Waals surface area contributed by atoms with E-state index in [9.17, 15) is 9.59 Å². The quantitative estimate of drug-likeness (QED) is 0.247. The van der Waals surface area contributed by atoms with Crippen LogP contribution < -0.4 is 20.9 Å². The predicted molar refractivity (Wildman–Crippen MR) is 146 cm³/mol. The fourth-order valence-corrected chi connectivity index (χ4v) is 6.19. The number of aromatic amines is 1. The zero-order valence-corrected chi connectivity index (χ0v) is 23.0. The lowest BCUT2D eigenvalue weighted by Crippen LogP contribution is -2.36. The Morgan fingerprint density at radius 1 is 1.28 bits per heavy atom. The fourth-order valence-electron chi connectivity index (χ4n) is 4.97. The lowest BCUT2D eigenvalue weighted by molar-refractivity contribution is -0.152. The number of benzene rings is 1. The zero-order valence-electron chi connectivity index (χ0n) is 22.1. The van der Waals surface area contributed by atoms with Crippen molar-refractivity contribution in [3.63, 3.8) is 0 Å². The van der Waals surface area contributed by atoms with Crippen LogP contribution in [0.5, 0.6) is 5.75 Å². The minimum Gasteiger partial charge on any atom is -0.461 e. The third kappa shape index (κ3) is 6.75. The molecule has 5 unspecified atom stereocenters. The number of ether oxygens (including phenoxy) is 2. The minimum atomic E-state index is -1.68. The van der Waals surface area contributed by atoms with E-state index in [-0.39, 0.29) is 42.2 Å². The van der Waals surface area contributed by atoms with E-state index in [1.54, 1.807) is 17.8 Å². The molecule has 2 aromatic heterocycles. The van der Waals surface area contributed by atoms with Crippen LogP contribution in [0.25, 0.3) is 11.2 Å². The molecule has 12 nitrogen and oxygen atoms in total. The molecule has 1 saturated carbocycles. The summed E-state index contributed by atoms with van der Waals surface area (Å²) in [5.74, 6) is 0.429. The first-order valence-electron chi connectivity index (χ1n) is 13.4. The van der Waals surface area contributed by atoms with Gasteiger partial charge in [0.25, 0.3) is 5.56 Å². The van der Waals surface area contributed by atoms with Crippen LogP contribution in [0.1, 0.15) is 58.6 Å². The van der Waals surface area contributed by atoms with Crippen LogP contribution in [-0.4, -0.2) is 50.3 Å². The highest BCUT2D eigenvalue weighted by molar-refractivity contribution is 7.45. The molecule has 0 spiro atoms. The lowest BCUT2D eigenvalue weighted by Gasteiger charge is -2.26. The molecule has 1 aliphatic carbocycles. The first kappa shape index (κ1) is 27.5. The molecule has 2 fully saturated rings. The van der Waals surface area contributed by atoms with E-state index in [4.69, 9.17) is 24.3 Å². The van der Waals surface area contributed by atoms with Gasteiger partial charge in [-0.1, -0.05) is 31.5 Å². The molecule has 0 radical (unpaired) electrons. The molecule has 210 valence electrons. The fraction of sp³-hybridized carbons (Fsp3) is 0.538. The summed E-state index contributed by atoms with van der Waals surface area (Å²) in [5.41, 5.74) is 5.93. The number of anilines is 1. The number of aromatic nitrogens is 4. The van der Waals surface area contributed by atoms with Gasteiger partial charge in [0.15, 0.2) is 11.2 Å². The smallest absolute Gasteiger partial charge is 0.323 e. The van der Waals surface area contributed by atoms with Crippen molar-refractivity contribution >= 4 is 31.6 Å². The molecule has 39 heavy (non-hydrogen) atoms. The molecule has 0 bridgehead atoms. The van der Waals surface area contributed by atoms with E-state index < -0.39 is 26.4 Å². The molecular formula is C26H35N6O6P. The number of nitrogen functional groups attached to an aromatic ring is 1. The Balaban J connectivity index is 1.22. The van der Waals surface area contributed by atoms with Gasteiger partial charge in [0.1, 0.15) is 24.1 Å². The molecule has 5 atom stereocenters. The van der Waals surface area contributed by atoms with E-state index in [0.717, 1.165) is 25.7 Å². The van der Waals surface area contributed by atoms with Gasteiger partial charge in [-0.05, 0) is 51.2 Å². The number of H-pyrrole nitrogens is 1. The monoisotopic (exact) mass is 558 g/mol. The third-order valence-electron chi connectivity index (χ3n) is 6.97. The molecule has 13 heteroatoms. The first-order chi connectivity index (χ1) is 18.9. The molecule has 1 saturated heterocycles. The summed E-state index contributed by atoms with van der Waals surface area (Å²) in [6.45, 7) is 4.05. The second kappa shape index (κ2) is 12.4. The second-order valence-electron chi connectivity index (χ2n) is 10.1. The molecule has 3 aromatic rings. The largest absolute Gasteiger partial charge is 0.461 e. The third-order valence-corrected chi connectivity index (χ3v) is 8.33. The van der Waals surface area contributed by atoms with Crippen LogP contribution >= 0.6 is 8.53 Å². The van der Waals surface area contributed by atoms with E-state index in [0.29, 0.717) is 17.8 Å². The standard InChI is InChI=1S/C26H35N6O6P/c1-16-13-20(36-24(16)32-15-28-21-22(32)29-26(27)30-23(21)33)14-35-39(38-19-11-7-4-8-12-19)31-17(2)25(34)37-18-9-5-3-6-10-18/h4,7-8,11-12,15-18,20,24,31H,3,5-6,9-10,13-14H2,1-2H3,(H3,27,29,30,33). The molecule has 5 rings (SSSR count). The number of rotatable bonds is 10. The number of hydrogen-bond acceptors (Lipinski definition) is 10. The lowest BCUT2D eigenvalue weighted by atomic mass is 9.98. The summed E-state index contributed by atoms with van der Waals surface area (Å²) in [5, 5.41) is 3.18. The summed E-state index contributed by atoms with van der Waals surface area (Å²) in [7, 11) is -1.68. The summed E-state index contributed by atoms with van der Waals surface area (Å²) in [6.07, 6.45) is 6.76. The van der Waals surface area contributed by atoms with Crippen LogP contribution in [0.4, 0.5) is 5.95 Å². The van der Waals surface area contributed by atoms with Crippen LogP contribution in [-0.2, 0) is 18.8 Å². The molecule has 1 aliphatic heterocycles. The molecule has 0 amide bonds. The van der Waals surface area contributed by atoms with Gasteiger partial charge in [-0.2, -0.15) is 4.98 Å². The summed E-state index contributed by atoms with van der Waals surface area (Å²) >= 11 is 0. The maximum atomic E-state index is 12.8. The van der Waals surface area contributed by atoms with Gasteiger partial charge >= 0.3 is 14.5 Å². The normalized spacial score (nSPS) is 23.5. The number of imidazole rings is 1. The van der Waals surface area contributed by atoms with Crippen molar-refractivity contribution in [2.24, 2.45) is 5.92 Å². The number of carbonyl (C=O) groups excluding carboxylic acids is 1. The molecule has 3 heterocycles. The maximum Gasteiger partial charge on any atom is 0.323 e. The van der Waals surface area contributed by atoms with Gasteiger partial charge in [-0.25, -0.2) is 10.1 Å². The van der Waals surface area contributed by atoms with Crippen LogP contribution in [0, 0.1) is 5.92 Å². The average Bonchev–Trinajstić information content (AvgIpc) is 3.51. The molecule has 4 N–H and O–H groups in total. The zero-order chi connectivity index (χ0) is 27.4. The molecule has 1 aromatic carbocycles. The highest BCUT2D eigenvalue weighted by Crippen LogP contribution is 2.40. The van der Waals surface area contributed by atoms with Gasteiger partial charge < -0.3 is 24.3 Å². The summed E-state index contributed by atoms with van der Waals surface area (Å²) < 4.78 is 26.0. The Labute approximate surface area is 227 Å². The summed E-state index contributed by atoms with van der Waals surface area (Å²) in [4.78, 5) is 35.9. The highest BCUT2D eigenvalue weighted by Gasteiger charge is 2.36. The number of nitrogens with one attached hydrogen (secondary N) is 2. The van der Waals surface area contributed by atoms with Crippen molar-refractivity contribution in [3.8, 4) is 5.75 Å². The number of esters is 1. The van der Waals surface area contributed by atoms with Gasteiger partial charge in [0.05, 0.1) is 19.0 Å². The number of carbonyl (C=O) groups is 1. The number of fused-ring (bicyclic) bond motifs is 1. The molecular weight excluding hydrogens is 523 g/mol. The maximum absolute atomic E-state index is 12.8. The van der Waals surface area contributed by atoms with Gasteiger partial charge in [0.2, 0.25) is 5.95 Å². The van der Waals surface area contributed by atoms with E-state index >= 15 is 0 Å². The van der Waals surface area contributed by atoms with Crippen molar-refractivity contribution in [2.45, 2.75) is 76.9 Å². The Kier molecular flexibility index (Phi) is 8.76. The van der Waals surface area contributed by atoms with Crippen molar-refractivity contribution in [2.75, 3.05) is 12.3 Å². The second-order valence-corrected chi connectivity index (χ2v) is 11.4. The van der Waals surface area contributed by atoms with Crippen LogP contribution in [0.2, 0.25) is 0 Å². The highest BCUT2D eigenvalue weighted by atomic mass is 31.2. The van der Waals surface area contributed by atoms with Crippen LogP contribution in [0.3, 0.4) is 0 Å². The number of nitrogens with zero attached hydrogens (tertiary/aromatic N) is 3. The number of para-hydroxylation sites is 1. The van der Waals surface area contributed by atoms with Gasteiger partial charge in [0, 0.05) is 5.92 Å². The number of hydrogen-bond donors (Lipinski definition) is 3. The van der Waals surface area contributed by atoms with E-state index in [1.165, 1.54) is 6.42 Å². The summed E-state index contributed by atoms with van der Waals surface area (Å²) in [6, 6.07) is 8.71. The SMILES string of the molecule is CC(NP(OCC1CC(C)C(n2cnc3c(=O)[nH]c(N)nc32)O1)Oc1ccccc1)C(=O)OC1CCCCC1. The first-order valence-corrected chi connectivity index (χ1v) is 14.6. The molecule has 2 aliphatic rings. The van der Waals surface area contributed by atoms with E-state index in [2.05, 4.69) is 27.0 Å². The van der Waals surface area contributed by atoms with Crippen LogP contribution in [0.15, 0.2) is 41.5 Å². The van der Waals surface area contributed by atoms with Crippen molar-refractivity contribution in [1.82, 2.24) is 24.6 Å². The minimum absolute atomic E-state index is 0.0192. The van der Waals surface area contributed by atoms with Crippen molar-refractivity contribution in [1.29, 1.82) is 0 Å². The van der Waals surface area contributed by atoms with E-state index in [1.807, 2.05) is 30.3 Å².